The van der Waals surface area contributed by atoms with Crippen LogP contribution in [-0.4, -0.2) is 22.4 Å². The summed E-state index contributed by atoms with van der Waals surface area (Å²) >= 11 is 5.93. The molecule has 1 aromatic heterocycles. The summed E-state index contributed by atoms with van der Waals surface area (Å²) in [5, 5.41) is 7.53. The molecule has 0 bridgehead atoms. The topological polar surface area (TPSA) is 56.1 Å². The smallest absolute Gasteiger partial charge is 0.407 e. The van der Waals surface area contributed by atoms with Crippen LogP contribution in [0.5, 0.6) is 5.75 Å². The van der Waals surface area contributed by atoms with Gasteiger partial charge in [0.25, 0.3) is 0 Å². The van der Waals surface area contributed by atoms with Crippen LogP contribution in [-0.2, 0) is 6.42 Å². The molecule has 134 valence electrons. The van der Waals surface area contributed by atoms with Crippen LogP contribution in [0.1, 0.15) is 11.3 Å². The van der Waals surface area contributed by atoms with E-state index in [1.807, 2.05) is 18.2 Å². The van der Waals surface area contributed by atoms with E-state index in [0.29, 0.717) is 35.1 Å². The molecule has 1 amide bonds. The number of hydrogen-bond donors (Lipinski definition) is 1. The van der Waals surface area contributed by atoms with Gasteiger partial charge in [-0.15, -0.1) is 0 Å². The van der Waals surface area contributed by atoms with Crippen LogP contribution in [0.2, 0.25) is 5.02 Å². The number of nitrogens with zero attached hydrogens (tertiary/aromatic N) is 2. The minimum absolute atomic E-state index is 0.325. The lowest BCUT2D eigenvalue weighted by Gasteiger charge is -2.07. The van der Waals surface area contributed by atoms with E-state index in [9.17, 15) is 9.18 Å². The van der Waals surface area contributed by atoms with Crippen molar-refractivity contribution in [1.82, 2.24) is 15.1 Å². The van der Waals surface area contributed by atoms with Crippen molar-refractivity contribution in [1.29, 1.82) is 0 Å². The van der Waals surface area contributed by atoms with Gasteiger partial charge < -0.3 is 10.1 Å². The van der Waals surface area contributed by atoms with Crippen LogP contribution in [0.4, 0.5) is 9.18 Å². The molecule has 0 radical (unpaired) electrons. The summed E-state index contributed by atoms with van der Waals surface area (Å²) in [6, 6.07) is 13.4. The number of benzene rings is 2. The number of hydrogen-bond acceptors (Lipinski definition) is 3. The molecule has 0 spiro atoms. The lowest BCUT2D eigenvalue weighted by atomic mass is 10.1. The Morgan fingerprint density at radius 2 is 2.04 bits per heavy atom. The molecule has 2 aromatic carbocycles. The number of rotatable bonds is 5. The van der Waals surface area contributed by atoms with Gasteiger partial charge in [-0.2, -0.15) is 5.10 Å². The highest BCUT2D eigenvalue weighted by Crippen LogP contribution is 2.20. The van der Waals surface area contributed by atoms with Gasteiger partial charge in [0.15, 0.2) is 5.75 Å². The Hall–Kier alpha value is -2.86. The third kappa shape index (κ3) is 4.40. The lowest BCUT2D eigenvalue weighted by Crippen LogP contribution is -2.28. The largest absolute Gasteiger partial charge is 0.412 e. The third-order valence-electron chi connectivity index (χ3n) is 3.81. The highest BCUT2D eigenvalue weighted by Gasteiger charge is 2.13. The van der Waals surface area contributed by atoms with Crippen LogP contribution in [0.15, 0.2) is 54.7 Å². The molecule has 0 aliphatic rings. The van der Waals surface area contributed by atoms with Crippen LogP contribution in [0, 0.1) is 12.7 Å². The molecule has 1 heterocycles. The van der Waals surface area contributed by atoms with Crippen LogP contribution < -0.4 is 10.1 Å². The Balaban J connectivity index is 1.57. The summed E-state index contributed by atoms with van der Waals surface area (Å²) in [7, 11) is 0. The number of carbonyl (C=O) groups is 1. The van der Waals surface area contributed by atoms with E-state index in [1.165, 1.54) is 18.3 Å². The highest BCUT2D eigenvalue weighted by atomic mass is 35.5. The standard InChI is InChI=1S/C19H17ClFN3O2/c1-13-18(12-23-24(13)17-7-5-16(21)6-8-17)26-19(25)22-10-9-14-3-2-4-15(20)11-14/h2-8,11-12H,9-10H2,1H3,(H,22,25). The second-order valence-corrected chi connectivity index (χ2v) is 6.12. The Bertz CT molecular complexity index is 909. The van der Waals surface area contributed by atoms with Gasteiger partial charge >= 0.3 is 6.09 Å². The first-order chi connectivity index (χ1) is 12.5. The molecule has 3 rings (SSSR count). The first kappa shape index (κ1) is 17.9. The second kappa shape index (κ2) is 8.01. The molecule has 7 heteroatoms. The van der Waals surface area contributed by atoms with E-state index in [0.717, 1.165) is 5.56 Å². The lowest BCUT2D eigenvalue weighted by molar-refractivity contribution is 0.200. The van der Waals surface area contributed by atoms with Crippen molar-refractivity contribution in [3.8, 4) is 11.4 Å². The van der Waals surface area contributed by atoms with Crippen LogP contribution in [0.25, 0.3) is 5.69 Å². The van der Waals surface area contributed by atoms with Crippen molar-refractivity contribution in [3.63, 3.8) is 0 Å². The molecule has 0 fully saturated rings. The zero-order valence-electron chi connectivity index (χ0n) is 14.1. The van der Waals surface area contributed by atoms with Gasteiger partial charge in [0.05, 0.1) is 17.6 Å². The summed E-state index contributed by atoms with van der Waals surface area (Å²) in [6.07, 6.45) is 1.53. The monoisotopic (exact) mass is 373 g/mol. The van der Waals surface area contributed by atoms with Gasteiger partial charge in [0.1, 0.15) is 5.82 Å². The molecular formula is C19H17ClFN3O2. The molecule has 0 atom stereocenters. The maximum Gasteiger partial charge on any atom is 0.412 e. The zero-order valence-corrected chi connectivity index (χ0v) is 14.8. The van der Waals surface area contributed by atoms with Crippen molar-refractivity contribution < 1.29 is 13.9 Å². The third-order valence-corrected chi connectivity index (χ3v) is 4.05. The normalized spacial score (nSPS) is 10.6. The summed E-state index contributed by atoms with van der Waals surface area (Å²) in [5.41, 5.74) is 2.35. The van der Waals surface area contributed by atoms with E-state index >= 15 is 0 Å². The first-order valence-corrected chi connectivity index (χ1v) is 8.41. The SMILES string of the molecule is Cc1c(OC(=O)NCCc2cccc(Cl)c2)cnn1-c1ccc(F)cc1. The second-order valence-electron chi connectivity index (χ2n) is 5.68. The zero-order chi connectivity index (χ0) is 18.5. The molecule has 0 unspecified atom stereocenters. The van der Waals surface area contributed by atoms with E-state index in [1.54, 1.807) is 29.8 Å². The first-order valence-electron chi connectivity index (χ1n) is 8.03. The molecule has 0 saturated heterocycles. The van der Waals surface area contributed by atoms with Crippen molar-refractivity contribution in [2.45, 2.75) is 13.3 Å². The van der Waals surface area contributed by atoms with Crippen LogP contribution in [0.3, 0.4) is 0 Å². The molecule has 3 aromatic rings. The fraction of sp³-hybridized carbons (Fsp3) is 0.158. The van der Waals surface area contributed by atoms with Gasteiger partial charge in [-0.3, -0.25) is 0 Å². The minimum Gasteiger partial charge on any atom is -0.407 e. The Morgan fingerprint density at radius 3 is 2.77 bits per heavy atom. The fourth-order valence-corrected chi connectivity index (χ4v) is 2.69. The Labute approximate surface area is 155 Å². The predicted molar refractivity (Wildman–Crippen MR) is 97.4 cm³/mol. The average Bonchev–Trinajstić information content (AvgIpc) is 2.96. The van der Waals surface area contributed by atoms with Gasteiger partial charge in [0.2, 0.25) is 0 Å². The molecule has 1 N–H and O–H groups in total. The van der Waals surface area contributed by atoms with Crippen molar-refractivity contribution >= 4 is 17.7 Å². The quantitative estimate of drug-likeness (QED) is 0.725. The summed E-state index contributed by atoms with van der Waals surface area (Å²) < 4.78 is 19.9. The minimum atomic E-state index is -0.561. The van der Waals surface area contributed by atoms with E-state index in [4.69, 9.17) is 16.3 Å². The predicted octanol–water partition coefficient (Wildman–Crippen LogP) is 4.30. The van der Waals surface area contributed by atoms with E-state index in [2.05, 4.69) is 10.4 Å². The molecule has 0 aliphatic carbocycles. The molecule has 0 aliphatic heterocycles. The molecular weight excluding hydrogens is 357 g/mol. The maximum absolute atomic E-state index is 13.0. The van der Waals surface area contributed by atoms with Crippen molar-refractivity contribution in [2.24, 2.45) is 0 Å². The number of amides is 1. The van der Waals surface area contributed by atoms with Crippen molar-refractivity contribution in [2.75, 3.05) is 6.54 Å². The van der Waals surface area contributed by atoms with Gasteiger partial charge in [-0.25, -0.2) is 13.9 Å². The number of halogens is 2. The maximum atomic E-state index is 13.0. The van der Waals surface area contributed by atoms with E-state index < -0.39 is 6.09 Å². The number of carbonyl (C=O) groups excluding carboxylic acids is 1. The molecule has 0 saturated carbocycles. The van der Waals surface area contributed by atoms with Gasteiger partial charge in [-0.1, -0.05) is 23.7 Å². The number of ether oxygens (including phenoxy) is 1. The fourth-order valence-electron chi connectivity index (χ4n) is 2.47. The summed E-state index contributed by atoms with van der Waals surface area (Å²) in [4.78, 5) is 12.0. The van der Waals surface area contributed by atoms with E-state index in [-0.39, 0.29) is 5.82 Å². The van der Waals surface area contributed by atoms with Gasteiger partial charge in [-0.05, 0) is 55.3 Å². The average molecular weight is 374 g/mol. The van der Waals surface area contributed by atoms with Crippen LogP contribution >= 0.6 is 11.6 Å². The van der Waals surface area contributed by atoms with Gasteiger partial charge in [0, 0.05) is 11.6 Å². The molecule has 26 heavy (non-hydrogen) atoms. The summed E-state index contributed by atoms with van der Waals surface area (Å²) in [5.74, 6) is 0.0173. The van der Waals surface area contributed by atoms with Crippen molar-refractivity contribution in [3.05, 3.63) is 76.8 Å². The Kier molecular flexibility index (Phi) is 5.53. The molecule has 5 nitrogen and oxygen atoms in total. The number of nitrogens with one attached hydrogen (secondary N) is 1. The Morgan fingerprint density at radius 1 is 1.27 bits per heavy atom. The highest BCUT2D eigenvalue weighted by molar-refractivity contribution is 6.30. The summed E-state index contributed by atoms with van der Waals surface area (Å²) in [6.45, 7) is 2.19. The number of aromatic nitrogens is 2.